The number of hydrogen-bond donors (Lipinski definition) is 0. The molecule has 134 valence electrons. The Balaban J connectivity index is 2.27. The number of aromatic nitrogens is 1. The number of rotatable bonds is 5. The first-order chi connectivity index (χ1) is 11.7. The Kier molecular flexibility index (Phi) is 5.89. The van der Waals surface area contributed by atoms with Gasteiger partial charge >= 0.3 is 6.18 Å². The van der Waals surface area contributed by atoms with Crippen molar-refractivity contribution in [3.63, 3.8) is 0 Å². The molecule has 0 spiro atoms. The predicted molar refractivity (Wildman–Crippen MR) is 92.0 cm³/mol. The maximum Gasteiger partial charge on any atom is 0.416 e. The van der Waals surface area contributed by atoms with Gasteiger partial charge in [0, 0.05) is 19.2 Å². The Morgan fingerprint density at radius 1 is 1.36 bits per heavy atom. The lowest BCUT2D eigenvalue weighted by Gasteiger charge is -2.12. The number of nitrogens with zero attached hydrogens (tertiary/aromatic N) is 3. The van der Waals surface area contributed by atoms with Gasteiger partial charge in [0.15, 0.2) is 0 Å². The molecule has 2 rings (SSSR count). The highest BCUT2D eigenvalue weighted by Crippen LogP contribution is 2.36. The van der Waals surface area contributed by atoms with Crippen molar-refractivity contribution in [3.05, 3.63) is 46.6 Å². The van der Waals surface area contributed by atoms with Crippen LogP contribution >= 0.6 is 11.6 Å². The van der Waals surface area contributed by atoms with Crippen LogP contribution in [0.4, 0.5) is 18.9 Å². The molecular weight excluding hydrogens is 355 g/mol. The Morgan fingerprint density at radius 3 is 2.72 bits per heavy atom. The number of aliphatic imine (C=N–C) groups is 1. The van der Waals surface area contributed by atoms with E-state index < -0.39 is 11.7 Å². The summed E-state index contributed by atoms with van der Waals surface area (Å²) in [7, 11) is 1.87. The molecule has 0 aliphatic carbocycles. The topological polar surface area (TPSA) is 37.7 Å². The molecule has 8 heteroatoms. The van der Waals surface area contributed by atoms with Gasteiger partial charge in [-0.25, -0.2) is 9.98 Å². The van der Waals surface area contributed by atoms with Crippen molar-refractivity contribution in [2.45, 2.75) is 20.0 Å². The van der Waals surface area contributed by atoms with Gasteiger partial charge in [0.1, 0.15) is 10.8 Å². The van der Waals surface area contributed by atoms with Crippen LogP contribution in [0.1, 0.15) is 18.1 Å². The molecule has 1 aromatic carbocycles. The molecule has 4 nitrogen and oxygen atoms in total. The van der Waals surface area contributed by atoms with Crippen molar-refractivity contribution < 1.29 is 17.9 Å². The summed E-state index contributed by atoms with van der Waals surface area (Å²) in [6.07, 6.45) is -1.34. The SMILES string of the molecule is CCN(C)C=Nc1cnc(Oc2cccc(C(F)(F)F)c2)c(Cl)c1C. The Labute approximate surface area is 148 Å². The highest BCUT2D eigenvalue weighted by molar-refractivity contribution is 6.33. The largest absolute Gasteiger partial charge is 0.438 e. The van der Waals surface area contributed by atoms with Crippen LogP contribution in [0.5, 0.6) is 11.6 Å². The molecule has 0 aliphatic rings. The minimum atomic E-state index is -4.45. The van der Waals surface area contributed by atoms with E-state index in [0.717, 1.165) is 18.7 Å². The predicted octanol–water partition coefficient (Wildman–Crippen LogP) is 5.47. The van der Waals surface area contributed by atoms with Gasteiger partial charge in [0.25, 0.3) is 0 Å². The number of hydrogen-bond acceptors (Lipinski definition) is 3. The second-order valence-corrected chi connectivity index (χ2v) is 5.71. The number of halogens is 4. The first-order valence-corrected chi connectivity index (χ1v) is 7.84. The molecule has 0 unspecified atom stereocenters. The third kappa shape index (κ3) is 4.85. The third-order valence-electron chi connectivity index (χ3n) is 3.47. The molecule has 0 saturated heterocycles. The zero-order chi connectivity index (χ0) is 18.6. The fraction of sp³-hybridized carbons (Fsp3) is 0.294. The number of benzene rings is 1. The van der Waals surface area contributed by atoms with Crippen molar-refractivity contribution in [3.8, 4) is 11.6 Å². The summed E-state index contributed by atoms with van der Waals surface area (Å²) >= 11 is 6.23. The third-order valence-corrected chi connectivity index (χ3v) is 3.92. The zero-order valence-electron chi connectivity index (χ0n) is 13.9. The molecule has 2 aromatic rings. The minimum absolute atomic E-state index is 0.00518. The van der Waals surface area contributed by atoms with Crippen LogP contribution < -0.4 is 4.74 Å². The smallest absolute Gasteiger partial charge is 0.416 e. The van der Waals surface area contributed by atoms with Crippen LogP contribution in [-0.2, 0) is 6.18 Å². The van der Waals surface area contributed by atoms with Gasteiger partial charge in [0.05, 0.1) is 23.8 Å². The molecule has 0 atom stereocenters. The normalized spacial score (nSPS) is 11.8. The quantitative estimate of drug-likeness (QED) is 0.517. The van der Waals surface area contributed by atoms with Gasteiger partial charge in [-0.1, -0.05) is 17.7 Å². The van der Waals surface area contributed by atoms with Crippen molar-refractivity contribution >= 4 is 23.6 Å². The van der Waals surface area contributed by atoms with Gasteiger partial charge < -0.3 is 9.64 Å². The van der Waals surface area contributed by atoms with E-state index in [1.54, 1.807) is 13.3 Å². The van der Waals surface area contributed by atoms with E-state index in [2.05, 4.69) is 9.98 Å². The van der Waals surface area contributed by atoms with Crippen molar-refractivity contribution in [2.24, 2.45) is 4.99 Å². The summed E-state index contributed by atoms with van der Waals surface area (Å²) in [6.45, 7) is 4.51. The van der Waals surface area contributed by atoms with Crippen LogP contribution in [0.15, 0.2) is 35.5 Å². The van der Waals surface area contributed by atoms with E-state index in [4.69, 9.17) is 16.3 Å². The number of pyridine rings is 1. The molecule has 0 fully saturated rings. The molecule has 1 aromatic heterocycles. The Hall–Kier alpha value is -2.28. The van der Waals surface area contributed by atoms with E-state index in [0.29, 0.717) is 11.3 Å². The lowest BCUT2D eigenvalue weighted by Crippen LogP contribution is -2.14. The molecule has 1 heterocycles. The van der Waals surface area contributed by atoms with Crippen LogP contribution in [0, 0.1) is 6.92 Å². The van der Waals surface area contributed by atoms with E-state index in [1.165, 1.54) is 18.3 Å². The minimum Gasteiger partial charge on any atom is -0.438 e. The van der Waals surface area contributed by atoms with Crippen molar-refractivity contribution in [2.75, 3.05) is 13.6 Å². The standard InChI is InChI=1S/C17H17ClF3N3O/c1-4-24(3)10-23-14-9-22-16(15(18)11(14)2)25-13-7-5-6-12(8-13)17(19,20)21/h5-10H,4H2,1-3H3. The van der Waals surface area contributed by atoms with Crippen molar-refractivity contribution in [1.29, 1.82) is 0 Å². The molecule has 0 N–H and O–H groups in total. The first-order valence-electron chi connectivity index (χ1n) is 7.47. The summed E-state index contributed by atoms with van der Waals surface area (Å²) in [5, 5.41) is 0.200. The molecule has 0 bridgehead atoms. The summed E-state index contributed by atoms with van der Waals surface area (Å²) in [5.41, 5.74) is 0.378. The molecule has 0 saturated carbocycles. The number of alkyl halides is 3. The summed E-state index contributed by atoms with van der Waals surface area (Å²) < 4.78 is 43.7. The average Bonchev–Trinajstić information content (AvgIpc) is 2.57. The maximum absolute atomic E-state index is 12.8. The summed E-state index contributed by atoms with van der Waals surface area (Å²) in [4.78, 5) is 10.2. The van der Waals surface area contributed by atoms with Crippen LogP contribution in [-0.4, -0.2) is 29.8 Å². The fourth-order valence-corrected chi connectivity index (χ4v) is 2.02. The Bertz CT molecular complexity index is 778. The van der Waals surface area contributed by atoms with Gasteiger partial charge in [0.2, 0.25) is 5.88 Å². The average molecular weight is 372 g/mol. The highest BCUT2D eigenvalue weighted by atomic mass is 35.5. The second kappa shape index (κ2) is 7.74. The van der Waals surface area contributed by atoms with E-state index in [1.807, 2.05) is 18.9 Å². The monoisotopic (exact) mass is 371 g/mol. The van der Waals surface area contributed by atoms with Gasteiger partial charge in [-0.3, -0.25) is 0 Å². The lowest BCUT2D eigenvalue weighted by molar-refractivity contribution is -0.137. The van der Waals surface area contributed by atoms with E-state index in [-0.39, 0.29) is 16.7 Å². The van der Waals surface area contributed by atoms with Gasteiger partial charge in [-0.2, -0.15) is 13.2 Å². The van der Waals surface area contributed by atoms with Crippen LogP contribution in [0.25, 0.3) is 0 Å². The van der Waals surface area contributed by atoms with Crippen LogP contribution in [0.2, 0.25) is 5.02 Å². The second-order valence-electron chi connectivity index (χ2n) is 5.33. The van der Waals surface area contributed by atoms with Gasteiger partial charge in [-0.15, -0.1) is 0 Å². The molecular formula is C17H17ClF3N3O. The molecule has 0 radical (unpaired) electrons. The highest BCUT2D eigenvalue weighted by Gasteiger charge is 2.30. The van der Waals surface area contributed by atoms with Crippen LogP contribution in [0.3, 0.4) is 0 Å². The number of ether oxygens (including phenoxy) is 1. The summed E-state index contributed by atoms with van der Waals surface area (Å²) in [6, 6.07) is 4.54. The maximum atomic E-state index is 12.8. The van der Waals surface area contributed by atoms with E-state index >= 15 is 0 Å². The molecule has 0 amide bonds. The first kappa shape index (κ1) is 19.1. The summed E-state index contributed by atoms with van der Waals surface area (Å²) in [5.74, 6) is 0.0341. The lowest BCUT2D eigenvalue weighted by atomic mass is 10.2. The molecule has 25 heavy (non-hydrogen) atoms. The fourth-order valence-electron chi connectivity index (χ4n) is 1.84. The Morgan fingerprint density at radius 2 is 2.08 bits per heavy atom. The van der Waals surface area contributed by atoms with Gasteiger partial charge in [-0.05, 0) is 32.0 Å². The molecule has 0 aliphatic heterocycles. The van der Waals surface area contributed by atoms with Crippen molar-refractivity contribution in [1.82, 2.24) is 9.88 Å². The zero-order valence-corrected chi connectivity index (χ0v) is 14.7. The van der Waals surface area contributed by atoms with E-state index in [9.17, 15) is 13.2 Å².